The third kappa shape index (κ3) is 3.95. The Bertz CT molecular complexity index is 474. The van der Waals surface area contributed by atoms with Crippen molar-refractivity contribution in [2.24, 2.45) is 0 Å². The van der Waals surface area contributed by atoms with Crippen LogP contribution in [0.5, 0.6) is 0 Å². The third-order valence-corrected chi connectivity index (χ3v) is 4.24. The highest BCUT2D eigenvalue weighted by molar-refractivity contribution is 9.10. The molecule has 2 rings (SSSR count). The van der Waals surface area contributed by atoms with Crippen molar-refractivity contribution in [1.29, 1.82) is 5.26 Å². The standard InChI is InChI=1S/C15H19BrN2O/c16-13-6-5-12(10-17)14(9-13)18-11-15(19)7-3-1-2-4-8-15/h5-6,9,18-19H,1-4,7-8,11H2. The van der Waals surface area contributed by atoms with Gasteiger partial charge in [-0.15, -0.1) is 0 Å². The van der Waals surface area contributed by atoms with E-state index in [0.29, 0.717) is 12.1 Å². The Labute approximate surface area is 122 Å². The highest BCUT2D eigenvalue weighted by Crippen LogP contribution is 2.28. The second kappa shape index (κ2) is 6.40. The SMILES string of the molecule is N#Cc1ccc(Br)cc1NCC1(O)CCCCCC1. The van der Waals surface area contributed by atoms with Crippen molar-refractivity contribution in [3.63, 3.8) is 0 Å². The van der Waals surface area contributed by atoms with Crippen LogP contribution >= 0.6 is 15.9 Å². The van der Waals surface area contributed by atoms with Gasteiger partial charge >= 0.3 is 0 Å². The molecule has 0 heterocycles. The molecule has 0 unspecified atom stereocenters. The quantitative estimate of drug-likeness (QED) is 0.832. The summed E-state index contributed by atoms with van der Waals surface area (Å²) in [6.07, 6.45) is 6.28. The Morgan fingerprint density at radius 2 is 1.95 bits per heavy atom. The van der Waals surface area contributed by atoms with Crippen molar-refractivity contribution < 1.29 is 5.11 Å². The number of aliphatic hydroxyl groups is 1. The summed E-state index contributed by atoms with van der Waals surface area (Å²) in [5.74, 6) is 0. The molecule has 2 N–H and O–H groups in total. The fourth-order valence-corrected chi connectivity index (χ4v) is 2.94. The second-order valence-electron chi connectivity index (χ2n) is 5.29. The number of rotatable bonds is 3. The zero-order valence-corrected chi connectivity index (χ0v) is 12.5. The van der Waals surface area contributed by atoms with E-state index in [0.717, 1.165) is 35.8 Å². The summed E-state index contributed by atoms with van der Waals surface area (Å²) >= 11 is 3.41. The average Bonchev–Trinajstić information content (AvgIpc) is 2.62. The van der Waals surface area contributed by atoms with E-state index in [1.165, 1.54) is 12.8 Å². The van der Waals surface area contributed by atoms with E-state index in [-0.39, 0.29) is 0 Å². The average molecular weight is 323 g/mol. The highest BCUT2D eigenvalue weighted by atomic mass is 79.9. The van der Waals surface area contributed by atoms with Gasteiger partial charge < -0.3 is 10.4 Å². The van der Waals surface area contributed by atoms with Gasteiger partial charge in [0.1, 0.15) is 6.07 Å². The van der Waals surface area contributed by atoms with Crippen LogP contribution in [0.1, 0.15) is 44.1 Å². The number of benzene rings is 1. The van der Waals surface area contributed by atoms with Crippen LogP contribution in [0.25, 0.3) is 0 Å². The molecule has 0 amide bonds. The lowest BCUT2D eigenvalue weighted by molar-refractivity contribution is 0.0381. The molecule has 1 fully saturated rings. The Morgan fingerprint density at radius 3 is 2.58 bits per heavy atom. The molecule has 0 bridgehead atoms. The van der Waals surface area contributed by atoms with Crippen molar-refractivity contribution in [1.82, 2.24) is 0 Å². The molecule has 0 spiro atoms. The van der Waals surface area contributed by atoms with Crippen molar-refractivity contribution in [3.8, 4) is 6.07 Å². The van der Waals surface area contributed by atoms with E-state index >= 15 is 0 Å². The molecule has 0 aromatic heterocycles. The van der Waals surface area contributed by atoms with E-state index in [1.807, 2.05) is 12.1 Å². The summed E-state index contributed by atoms with van der Waals surface area (Å²) < 4.78 is 0.932. The minimum Gasteiger partial charge on any atom is -0.388 e. The summed E-state index contributed by atoms with van der Waals surface area (Å²) in [4.78, 5) is 0. The monoisotopic (exact) mass is 322 g/mol. The molecule has 1 saturated carbocycles. The van der Waals surface area contributed by atoms with Crippen LogP contribution < -0.4 is 5.32 Å². The molecular weight excluding hydrogens is 304 g/mol. The van der Waals surface area contributed by atoms with Gasteiger partial charge in [0, 0.05) is 11.0 Å². The van der Waals surface area contributed by atoms with E-state index < -0.39 is 5.60 Å². The predicted molar refractivity (Wildman–Crippen MR) is 80.0 cm³/mol. The molecule has 0 aliphatic heterocycles. The zero-order chi connectivity index (χ0) is 13.7. The van der Waals surface area contributed by atoms with Gasteiger partial charge in [0.05, 0.1) is 16.9 Å². The van der Waals surface area contributed by atoms with Gasteiger partial charge in [-0.05, 0) is 31.0 Å². The lowest BCUT2D eigenvalue weighted by Crippen LogP contribution is -2.36. The molecule has 102 valence electrons. The minimum absolute atomic E-state index is 0.512. The van der Waals surface area contributed by atoms with Crippen LogP contribution in [-0.4, -0.2) is 17.3 Å². The molecule has 1 aromatic carbocycles. The van der Waals surface area contributed by atoms with E-state index in [2.05, 4.69) is 27.3 Å². The summed E-state index contributed by atoms with van der Waals surface area (Å²) in [7, 11) is 0. The van der Waals surface area contributed by atoms with Crippen LogP contribution in [0.3, 0.4) is 0 Å². The van der Waals surface area contributed by atoms with Crippen molar-refractivity contribution in [3.05, 3.63) is 28.2 Å². The molecule has 4 heteroatoms. The second-order valence-corrected chi connectivity index (χ2v) is 6.21. The summed E-state index contributed by atoms with van der Waals surface area (Å²) in [5, 5.41) is 22.9. The van der Waals surface area contributed by atoms with Crippen LogP contribution in [0.2, 0.25) is 0 Å². The van der Waals surface area contributed by atoms with Gasteiger partial charge in [-0.1, -0.05) is 41.6 Å². The first-order valence-electron chi connectivity index (χ1n) is 6.79. The summed E-state index contributed by atoms with van der Waals surface area (Å²) in [6.45, 7) is 0.512. The Balaban J connectivity index is 2.05. The largest absolute Gasteiger partial charge is 0.388 e. The summed E-state index contributed by atoms with van der Waals surface area (Å²) in [5.41, 5.74) is 0.765. The number of halogens is 1. The molecule has 1 aliphatic rings. The van der Waals surface area contributed by atoms with Crippen LogP contribution in [0, 0.1) is 11.3 Å². The molecule has 1 aliphatic carbocycles. The van der Waals surface area contributed by atoms with Gasteiger partial charge in [0.25, 0.3) is 0 Å². The fraction of sp³-hybridized carbons (Fsp3) is 0.533. The zero-order valence-electron chi connectivity index (χ0n) is 11.0. The first kappa shape index (κ1) is 14.4. The maximum absolute atomic E-state index is 10.6. The van der Waals surface area contributed by atoms with Crippen LogP contribution in [-0.2, 0) is 0 Å². The van der Waals surface area contributed by atoms with E-state index in [1.54, 1.807) is 6.07 Å². The maximum atomic E-state index is 10.6. The van der Waals surface area contributed by atoms with Crippen molar-refractivity contribution in [2.45, 2.75) is 44.1 Å². The Morgan fingerprint density at radius 1 is 1.26 bits per heavy atom. The normalized spacial score (nSPS) is 18.4. The molecule has 0 saturated heterocycles. The number of nitriles is 1. The van der Waals surface area contributed by atoms with E-state index in [9.17, 15) is 5.11 Å². The molecule has 0 radical (unpaired) electrons. The fourth-order valence-electron chi connectivity index (χ4n) is 2.58. The van der Waals surface area contributed by atoms with Crippen LogP contribution in [0.4, 0.5) is 5.69 Å². The maximum Gasteiger partial charge on any atom is 0.101 e. The molecule has 0 atom stereocenters. The highest BCUT2D eigenvalue weighted by Gasteiger charge is 2.27. The number of hydrogen-bond donors (Lipinski definition) is 2. The van der Waals surface area contributed by atoms with Gasteiger partial charge in [-0.25, -0.2) is 0 Å². The lowest BCUT2D eigenvalue weighted by Gasteiger charge is -2.27. The van der Waals surface area contributed by atoms with Crippen molar-refractivity contribution in [2.75, 3.05) is 11.9 Å². The molecule has 3 nitrogen and oxygen atoms in total. The molecule has 19 heavy (non-hydrogen) atoms. The Hall–Kier alpha value is -1.05. The van der Waals surface area contributed by atoms with Crippen LogP contribution in [0.15, 0.2) is 22.7 Å². The lowest BCUT2D eigenvalue weighted by atomic mass is 9.94. The van der Waals surface area contributed by atoms with Gasteiger partial charge in [0.15, 0.2) is 0 Å². The topological polar surface area (TPSA) is 56.0 Å². The molecule has 1 aromatic rings. The summed E-state index contributed by atoms with van der Waals surface area (Å²) in [6, 6.07) is 7.69. The number of nitrogens with zero attached hydrogens (tertiary/aromatic N) is 1. The predicted octanol–water partition coefficient (Wildman–Crippen LogP) is 3.82. The third-order valence-electron chi connectivity index (χ3n) is 3.74. The smallest absolute Gasteiger partial charge is 0.101 e. The minimum atomic E-state index is -0.633. The van der Waals surface area contributed by atoms with Crippen molar-refractivity contribution >= 4 is 21.6 Å². The molecular formula is C15H19BrN2O. The number of nitrogens with one attached hydrogen (secondary N) is 1. The number of hydrogen-bond acceptors (Lipinski definition) is 3. The van der Waals surface area contributed by atoms with E-state index in [4.69, 9.17) is 5.26 Å². The van der Waals surface area contributed by atoms with Gasteiger partial charge in [-0.2, -0.15) is 5.26 Å². The first-order valence-corrected chi connectivity index (χ1v) is 7.58. The number of anilines is 1. The Kier molecular flexibility index (Phi) is 4.84. The first-order chi connectivity index (χ1) is 9.13. The van der Waals surface area contributed by atoms with Gasteiger partial charge in [-0.3, -0.25) is 0 Å². The van der Waals surface area contributed by atoms with Gasteiger partial charge in [0.2, 0.25) is 0 Å².